The lowest BCUT2D eigenvalue weighted by Crippen LogP contribution is -2.37. The Morgan fingerprint density at radius 2 is 2.21 bits per heavy atom. The van der Waals surface area contributed by atoms with Crippen molar-refractivity contribution in [2.45, 2.75) is 45.3 Å². The maximum absolute atomic E-state index is 10.1. The van der Waals surface area contributed by atoms with Crippen LogP contribution < -0.4 is 4.74 Å². The predicted molar refractivity (Wildman–Crippen MR) is 77.6 cm³/mol. The van der Waals surface area contributed by atoms with E-state index in [1.54, 1.807) is 0 Å². The van der Waals surface area contributed by atoms with Crippen molar-refractivity contribution in [2.75, 3.05) is 19.7 Å². The molecule has 0 heterocycles. The topological polar surface area (TPSA) is 32.7 Å². The van der Waals surface area contributed by atoms with Crippen LogP contribution in [0.3, 0.4) is 0 Å². The minimum atomic E-state index is -0.410. The lowest BCUT2D eigenvalue weighted by molar-refractivity contribution is 0.0654. The summed E-state index contributed by atoms with van der Waals surface area (Å²) < 4.78 is 5.65. The molecule has 0 saturated heterocycles. The van der Waals surface area contributed by atoms with Gasteiger partial charge < -0.3 is 9.84 Å². The Morgan fingerprint density at radius 1 is 1.42 bits per heavy atom. The molecule has 0 aromatic heterocycles. The number of nitrogens with zero attached hydrogens (tertiary/aromatic N) is 1. The van der Waals surface area contributed by atoms with Crippen LogP contribution in [0.25, 0.3) is 0 Å². The van der Waals surface area contributed by atoms with Crippen molar-refractivity contribution in [3.05, 3.63) is 29.8 Å². The molecular weight excluding hydrogens is 238 g/mol. The number of aliphatic hydroxyl groups excluding tert-OH is 1. The first kappa shape index (κ1) is 14.4. The van der Waals surface area contributed by atoms with Crippen molar-refractivity contribution in [3.63, 3.8) is 0 Å². The highest BCUT2D eigenvalue weighted by Gasteiger charge is 2.29. The van der Waals surface area contributed by atoms with Crippen LogP contribution in [0.2, 0.25) is 0 Å². The lowest BCUT2D eigenvalue weighted by atomic mass is 10.2. The number of benzene rings is 1. The zero-order chi connectivity index (χ0) is 13.7. The summed E-state index contributed by atoms with van der Waals surface area (Å²) in [5, 5.41) is 10.1. The van der Waals surface area contributed by atoms with Gasteiger partial charge in [-0.25, -0.2) is 0 Å². The molecule has 1 aromatic carbocycles. The molecule has 1 fully saturated rings. The van der Waals surface area contributed by atoms with E-state index in [4.69, 9.17) is 4.74 Å². The van der Waals surface area contributed by atoms with E-state index >= 15 is 0 Å². The van der Waals surface area contributed by atoms with Crippen molar-refractivity contribution in [2.24, 2.45) is 0 Å². The van der Waals surface area contributed by atoms with Crippen molar-refractivity contribution in [1.29, 1.82) is 0 Å². The maximum Gasteiger partial charge on any atom is 0.119 e. The number of hydrogen-bond acceptors (Lipinski definition) is 3. The van der Waals surface area contributed by atoms with Crippen LogP contribution in [-0.4, -0.2) is 41.8 Å². The van der Waals surface area contributed by atoms with E-state index < -0.39 is 6.10 Å². The van der Waals surface area contributed by atoms with Gasteiger partial charge in [0.15, 0.2) is 0 Å². The van der Waals surface area contributed by atoms with E-state index in [-0.39, 0.29) is 0 Å². The predicted octanol–water partition coefficient (Wildman–Crippen LogP) is 2.61. The molecule has 0 bridgehead atoms. The van der Waals surface area contributed by atoms with Gasteiger partial charge in [-0.05, 0) is 50.4 Å². The molecule has 0 spiro atoms. The van der Waals surface area contributed by atoms with Crippen molar-refractivity contribution in [1.82, 2.24) is 4.90 Å². The Kier molecular flexibility index (Phi) is 5.23. The number of rotatable bonds is 8. The molecule has 1 N–H and O–H groups in total. The number of ether oxygens (including phenoxy) is 1. The standard InChI is InChI=1S/C16H25NO2/c1-3-9-17(14-7-8-14)11-15(18)12-19-16-6-4-5-13(2)10-16/h4-6,10,14-15,18H,3,7-9,11-12H2,1-2H3. The van der Waals surface area contributed by atoms with E-state index in [2.05, 4.69) is 11.8 Å². The van der Waals surface area contributed by atoms with E-state index in [0.29, 0.717) is 12.6 Å². The highest BCUT2D eigenvalue weighted by atomic mass is 16.5. The smallest absolute Gasteiger partial charge is 0.119 e. The largest absolute Gasteiger partial charge is 0.491 e. The van der Waals surface area contributed by atoms with Crippen LogP contribution in [0, 0.1) is 6.92 Å². The second kappa shape index (κ2) is 6.92. The molecule has 106 valence electrons. The molecule has 1 atom stereocenters. The molecule has 1 aromatic rings. The molecule has 1 aliphatic rings. The molecule has 0 aliphatic heterocycles. The fourth-order valence-corrected chi connectivity index (χ4v) is 2.37. The number of hydrogen-bond donors (Lipinski definition) is 1. The SMILES string of the molecule is CCCN(CC(O)COc1cccc(C)c1)C1CC1. The normalized spacial score (nSPS) is 16.6. The van der Waals surface area contributed by atoms with Gasteiger partial charge in [-0.15, -0.1) is 0 Å². The van der Waals surface area contributed by atoms with Crippen LogP contribution in [-0.2, 0) is 0 Å². The van der Waals surface area contributed by atoms with Gasteiger partial charge in [0.2, 0.25) is 0 Å². The quantitative estimate of drug-likeness (QED) is 0.782. The number of aliphatic hydroxyl groups is 1. The van der Waals surface area contributed by atoms with Crippen LogP contribution >= 0.6 is 0 Å². The van der Waals surface area contributed by atoms with E-state index in [1.165, 1.54) is 18.4 Å². The molecule has 0 amide bonds. The third-order valence-electron chi connectivity index (χ3n) is 3.45. The van der Waals surface area contributed by atoms with Gasteiger partial charge in [0.05, 0.1) is 0 Å². The third kappa shape index (κ3) is 4.84. The highest BCUT2D eigenvalue weighted by molar-refractivity contribution is 5.27. The van der Waals surface area contributed by atoms with Crippen molar-refractivity contribution >= 4 is 0 Å². The highest BCUT2D eigenvalue weighted by Crippen LogP contribution is 2.27. The van der Waals surface area contributed by atoms with Gasteiger partial charge in [0.1, 0.15) is 18.5 Å². The van der Waals surface area contributed by atoms with E-state index in [0.717, 1.165) is 25.3 Å². The molecule has 1 aliphatic carbocycles. The summed E-state index contributed by atoms with van der Waals surface area (Å²) in [4.78, 5) is 2.39. The summed E-state index contributed by atoms with van der Waals surface area (Å²) in [5.41, 5.74) is 1.18. The lowest BCUT2D eigenvalue weighted by Gasteiger charge is -2.24. The molecule has 19 heavy (non-hydrogen) atoms. The van der Waals surface area contributed by atoms with Gasteiger partial charge in [0, 0.05) is 12.6 Å². The average molecular weight is 263 g/mol. The maximum atomic E-state index is 10.1. The van der Waals surface area contributed by atoms with Gasteiger partial charge in [-0.1, -0.05) is 19.1 Å². The molecule has 1 unspecified atom stereocenters. The van der Waals surface area contributed by atoms with Gasteiger partial charge in [-0.2, -0.15) is 0 Å². The van der Waals surface area contributed by atoms with Crippen LogP contribution in [0.15, 0.2) is 24.3 Å². The monoisotopic (exact) mass is 263 g/mol. The van der Waals surface area contributed by atoms with Gasteiger partial charge in [0.25, 0.3) is 0 Å². The summed E-state index contributed by atoms with van der Waals surface area (Å²) in [6.07, 6.45) is 3.30. The van der Waals surface area contributed by atoms with Crippen LogP contribution in [0.5, 0.6) is 5.75 Å². The zero-order valence-electron chi connectivity index (χ0n) is 12.0. The van der Waals surface area contributed by atoms with Crippen molar-refractivity contribution in [3.8, 4) is 5.75 Å². The summed E-state index contributed by atoms with van der Waals surface area (Å²) in [6, 6.07) is 8.65. The molecule has 2 rings (SSSR count). The van der Waals surface area contributed by atoms with Gasteiger partial charge in [-0.3, -0.25) is 4.90 Å². The summed E-state index contributed by atoms with van der Waals surface area (Å²) in [5.74, 6) is 0.840. The third-order valence-corrected chi connectivity index (χ3v) is 3.45. The van der Waals surface area contributed by atoms with Crippen LogP contribution in [0.1, 0.15) is 31.7 Å². The van der Waals surface area contributed by atoms with Crippen LogP contribution in [0.4, 0.5) is 0 Å². The Hall–Kier alpha value is -1.06. The molecule has 3 nitrogen and oxygen atoms in total. The summed E-state index contributed by atoms with van der Waals surface area (Å²) >= 11 is 0. The molecule has 3 heteroatoms. The first-order chi connectivity index (χ1) is 9.19. The fraction of sp³-hybridized carbons (Fsp3) is 0.625. The summed E-state index contributed by atoms with van der Waals surface area (Å²) in [6.45, 7) is 6.40. The van der Waals surface area contributed by atoms with Crippen molar-refractivity contribution < 1.29 is 9.84 Å². The van der Waals surface area contributed by atoms with E-state index in [1.807, 2.05) is 31.2 Å². The Morgan fingerprint density at radius 3 is 2.84 bits per heavy atom. The Balaban J connectivity index is 1.75. The van der Waals surface area contributed by atoms with E-state index in [9.17, 15) is 5.11 Å². The molecule has 0 radical (unpaired) electrons. The first-order valence-electron chi connectivity index (χ1n) is 7.30. The average Bonchev–Trinajstić information content (AvgIpc) is 3.20. The Labute approximate surface area is 116 Å². The zero-order valence-corrected chi connectivity index (χ0v) is 12.0. The summed E-state index contributed by atoms with van der Waals surface area (Å²) in [7, 11) is 0. The minimum absolute atomic E-state index is 0.371. The van der Waals surface area contributed by atoms with Gasteiger partial charge >= 0.3 is 0 Å². The second-order valence-corrected chi connectivity index (χ2v) is 5.51. The molecule has 1 saturated carbocycles. The second-order valence-electron chi connectivity index (χ2n) is 5.51. The molecular formula is C16H25NO2. The minimum Gasteiger partial charge on any atom is -0.491 e. The fourth-order valence-electron chi connectivity index (χ4n) is 2.37. The Bertz CT molecular complexity index is 390. The number of aryl methyl sites for hydroxylation is 1. The first-order valence-corrected chi connectivity index (χ1v) is 7.30.